The van der Waals surface area contributed by atoms with Crippen LogP contribution in [0, 0.1) is 11.6 Å². The molecule has 0 atom stereocenters. The third-order valence-corrected chi connectivity index (χ3v) is 5.12. The number of rotatable bonds is 2. The van der Waals surface area contributed by atoms with E-state index in [0.29, 0.717) is 6.07 Å². The summed E-state index contributed by atoms with van der Waals surface area (Å²) in [7, 11) is -12.2. The van der Waals surface area contributed by atoms with Gasteiger partial charge in [-0.2, -0.15) is 0 Å². The molecule has 0 unspecified atom stereocenters. The summed E-state index contributed by atoms with van der Waals surface area (Å²) in [6.07, 6.45) is 0. The number of halogens is 7. The predicted octanol–water partition coefficient (Wildman–Crippen LogP) is 4.92. The highest BCUT2D eigenvalue weighted by molar-refractivity contribution is 8.45. The molecule has 1 saturated heterocycles. The van der Waals surface area contributed by atoms with Gasteiger partial charge in [0, 0.05) is 5.46 Å². The van der Waals surface area contributed by atoms with Gasteiger partial charge in [0.15, 0.2) is 4.90 Å². The summed E-state index contributed by atoms with van der Waals surface area (Å²) in [4.78, 5) is -3.18. The Labute approximate surface area is 128 Å². The average molecular weight is 366 g/mol. The van der Waals surface area contributed by atoms with Crippen LogP contribution in [0.5, 0.6) is 0 Å². The zero-order chi connectivity index (χ0) is 18.1. The first-order chi connectivity index (χ1) is 9.86. The maximum atomic E-state index is 14.1. The summed E-state index contributed by atoms with van der Waals surface area (Å²) in [5, 5.41) is 0. The maximum absolute atomic E-state index is 14.1. The Morgan fingerprint density at radius 1 is 0.870 bits per heavy atom. The molecule has 0 amide bonds. The lowest BCUT2D eigenvalue weighted by Crippen LogP contribution is -2.41. The summed E-state index contributed by atoms with van der Waals surface area (Å²) in [5.74, 6) is -4.82. The Kier molecular flexibility index (Phi) is 3.34. The molecule has 0 saturated carbocycles. The van der Waals surface area contributed by atoms with Crippen LogP contribution in [-0.4, -0.2) is 18.3 Å². The fraction of sp³-hybridized carbons (Fsp3) is 0.500. The quantitative estimate of drug-likeness (QED) is 0.546. The second-order valence-electron chi connectivity index (χ2n) is 6.34. The lowest BCUT2D eigenvalue weighted by molar-refractivity contribution is 0.00578. The molecule has 1 aliphatic rings. The minimum Gasteiger partial charge on any atom is -0.399 e. The van der Waals surface area contributed by atoms with Crippen LogP contribution in [0.4, 0.5) is 28.2 Å². The molecule has 1 aromatic carbocycles. The molecule has 1 aliphatic heterocycles. The minimum absolute atomic E-state index is 0.122. The van der Waals surface area contributed by atoms with Gasteiger partial charge in [0.2, 0.25) is 0 Å². The highest BCUT2D eigenvalue weighted by Crippen LogP contribution is 3.02. The number of benzene rings is 1. The molecule has 0 aliphatic carbocycles. The molecule has 0 bridgehead atoms. The first-order valence-electron chi connectivity index (χ1n) is 6.43. The molecular weight excluding hydrogens is 352 g/mol. The highest BCUT2D eigenvalue weighted by Gasteiger charge is 2.69. The Morgan fingerprint density at radius 3 is 1.70 bits per heavy atom. The van der Waals surface area contributed by atoms with Gasteiger partial charge in [0.05, 0.1) is 11.2 Å². The van der Waals surface area contributed by atoms with Crippen LogP contribution in [0.25, 0.3) is 0 Å². The standard InChI is InChI=1S/C12H14BF7O2S/c1-11(2)12(3,4)22-13(21-11)7-5-6-8(14)10(9(7)15)23(16,17,18,19)20/h5-6H,1-4H3. The van der Waals surface area contributed by atoms with E-state index in [0.717, 1.165) is 0 Å². The molecule has 2 nitrogen and oxygen atoms in total. The van der Waals surface area contributed by atoms with E-state index in [4.69, 9.17) is 9.31 Å². The largest absolute Gasteiger partial charge is 0.497 e. The molecule has 11 heteroatoms. The molecule has 23 heavy (non-hydrogen) atoms. The topological polar surface area (TPSA) is 18.5 Å². The van der Waals surface area contributed by atoms with Crippen molar-refractivity contribution < 1.29 is 37.5 Å². The number of hydrogen-bond donors (Lipinski definition) is 0. The first kappa shape index (κ1) is 18.4. The van der Waals surface area contributed by atoms with Crippen LogP contribution in [0.15, 0.2) is 17.0 Å². The monoisotopic (exact) mass is 366 g/mol. The van der Waals surface area contributed by atoms with E-state index in [1.165, 1.54) is 0 Å². The van der Waals surface area contributed by atoms with Crippen LogP contribution in [0.3, 0.4) is 0 Å². The molecule has 0 spiro atoms. The van der Waals surface area contributed by atoms with Crippen LogP contribution in [0.2, 0.25) is 0 Å². The maximum Gasteiger partial charge on any atom is 0.497 e. The van der Waals surface area contributed by atoms with Crippen LogP contribution in [0.1, 0.15) is 27.7 Å². The molecule has 1 heterocycles. The number of hydrogen-bond acceptors (Lipinski definition) is 2. The predicted molar refractivity (Wildman–Crippen MR) is 73.5 cm³/mol. The van der Waals surface area contributed by atoms with Gasteiger partial charge >= 0.3 is 17.3 Å². The van der Waals surface area contributed by atoms with Crippen molar-refractivity contribution in [3.05, 3.63) is 23.8 Å². The van der Waals surface area contributed by atoms with Gasteiger partial charge in [-0.15, -0.1) is 0 Å². The summed E-state index contributed by atoms with van der Waals surface area (Å²) < 4.78 is 102. The van der Waals surface area contributed by atoms with Crippen LogP contribution >= 0.6 is 10.2 Å². The molecule has 0 radical (unpaired) electrons. The Morgan fingerprint density at radius 2 is 1.30 bits per heavy atom. The SMILES string of the molecule is CC1(C)OB(c2ccc(F)c(S(F)(F)(F)(F)F)c2F)OC1(C)C. The summed E-state index contributed by atoms with van der Waals surface area (Å²) in [6.45, 7) is 6.17. The average Bonchev–Trinajstić information content (AvgIpc) is 2.43. The van der Waals surface area contributed by atoms with Gasteiger partial charge < -0.3 is 9.31 Å². The normalized spacial score (nSPS) is 23.5. The highest BCUT2D eigenvalue weighted by atomic mass is 32.5. The Bertz CT molecular complexity index is 656. The molecule has 2 rings (SSSR count). The fourth-order valence-corrected chi connectivity index (χ4v) is 2.95. The van der Waals surface area contributed by atoms with E-state index in [1.807, 2.05) is 0 Å². The van der Waals surface area contributed by atoms with E-state index in [9.17, 15) is 28.2 Å². The van der Waals surface area contributed by atoms with Gasteiger partial charge in [0.25, 0.3) is 0 Å². The van der Waals surface area contributed by atoms with Crippen molar-refractivity contribution in [1.82, 2.24) is 0 Å². The van der Waals surface area contributed by atoms with Gasteiger partial charge in [-0.25, -0.2) is 8.78 Å². The molecular formula is C12H14BF7O2S. The fourth-order valence-electron chi connectivity index (χ4n) is 2.05. The first-order valence-corrected chi connectivity index (χ1v) is 8.38. The Balaban J connectivity index is 2.62. The zero-order valence-electron chi connectivity index (χ0n) is 12.6. The van der Waals surface area contributed by atoms with E-state index in [2.05, 4.69) is 0 Å². The lowest BCUT2D eigenvalue weighted by Gasteiger charge is -2.40. The summed E-state index contributed by atoms with van der Waals surface area (Å²) in [5.41, 5.74) is -3.01. The van der Waals surface area contributed by atoms with E-state index in [-0.39, 0.29) is 6.07 Å². The third-order valence-electron chi connectivity index (χ3n) is 3.97. The second kappa shape index (κ2) is 4.18. The van der Waals surface area contributed by atoms with Crippen molar-refractivity contribution in [2.24, 2.45) is 0 Å². The summed E-state index contributed by atoms with van der Waals surface area (Å²) >= 11 is 0. The van der Waals surface area contributed by atoms with Crippen molar-refractivity contribution in [1.29, 1.82) is 0 Å². The van der Waals surface area contributed by atoms with Crippen molar-refractivity contribution in [2.75, 3.05) is 0 Å². The zero-order valence-corrected chi connectivity index (χ0v) is 13.4. The third kappa shape index (κ3) is 3.18. The lowest BCUT2D eigenvalue weighted by atomic mass is 9.78. The molecule has 0 aromatic heterocycles. The van der Waals surface area contributed by atoms with Crippen molar-refractivity contribution in [3.8, 4) is 0 Å². The van der Waals surface area contributed by atoms with Crippen LogP contribution in [-0.2, 0) is 9.31 Å². The van der Waals surface area contributed by atoms with E-state index >= 15 is 0 Å². The van der Waals surface area contributed by atoms with E-state index < -0.39 is 50.5 Å². The van der Waals surface area contributed by atoms with E-state index in [1.54, 1.807) is 27.7 Å². The molecule has 1 fully saturated rings. The van der Waals surface area contributed by atoms with Crippen molar-refractivity contribution in [3.63, 3.8) is 0 Å². The Hall–Kier alpha value is -0.935. The van der Waals surface area contributed by atoms with Gasteiger partial charge in [0.1, 0.15) is 11.6 Å². The van der Waals surface area contributed by atoms with Gasteiger partial charge in [-0.1, -0.05) is 25.5 Å². The summed E-state index contributed by atoms with van der Waals surface area (Å²) in [6, 6.07) is 0.719. The molecule has 132 valence electrons. The van der Waals surface area contributed by atoms with Crippen molar-refractivity contribution >= 4 is 22.8 Å². The molecule has 1 aromatic rings. The van der Waals surface area contributed by atoms with Gasteiger partial charge in [-0.05, 0) is 33.8 Å². The minimum atomic E-state index is -10.6. The smallest absolute Gasteiger partial charge is 0.399 e. The van der Waals surface area contributed by atoms with Crippen LogP contribution < -0.4 is 5.46 Å². The van der Waals surface area contributed by atoms with Crippen molar-refractivity contribution in [2.45, 2.75) is 43.8 Å². The second-order valence-corrected chi connectivity index (χ2v) is 8.68. The van der Waals surface area contributed by atoms with Gasteiger partial charge in [-0.3, -0.25) is 0 Å². The molecule has 0 N–H and O–H groups in total.